The van der Waals surface area contributed by atoms with E-state index >= 15 is 0 Å². The summed E-state index contributed by atoms with van der Waals surface area (Å²) in [5, 5.41) is 26.6. The molecule has 0 atom stereocenters. The Bertz CT molecular complexity index is 2300. The number of fused-ring (bicyclic) bond motifs is 4. The first kappa shape index (κ1) is 23.8. The fourth-order valence-corrected chi connectivity index (χ4v) is 6.50. The van der Waals surface area contributed by atoms with Crippen LogP contribution in [0, 0.1) is 20.2 Å². The first-order valence-corrected chi connectivity index (χ1v) is 13.1. The van der Waals surface area contributed by atoms with Gasteiger partial charge in [0.1, 0.15) is 0 Å². The van der Waals surface area contributed by atoms with Crippen LogP contribution in [-0.4, -0.2) is 21.4 Å². The maximum Gasteiger partial charge on any atom is 0.277 e. The number of rotatable bonds is 3. The van der Waals surface area contributed by atoms with Gasteiger partial charge in [-0.2, -0.15) is 0 Å². The topological polar surface area (TPSA) is 120 Å². The summed E-state index contributed by atoms with van der Waals surface area (Å²) in [6.45, 7) is 0. The summed E-state index contributed by atoms with van der Waals surface area (Å²) in [7, 11) is 0. The molecule has 0 aliphatic heterocycles. The molecule has 0 heterocycles. The zero-order valence-corrected chi connectivity index (χ0v) is 21.6. The minimum Gasteiger partial charge on any atom is -0.289 e. The summed E-state index contributed by atoms with van der Waals surface area (Å²) in [5.74, 6) is -0.452. The van der Waals surface area contributed by atoms with Crippen LogP contribution in [-0.2, 0) is 0 Å². The highest BCUT2D eigenvalue weighted by Gasteiger charge is 2.32. The third-order valence-electron chi connectivity index (χ3n) is 8.28. The van der Waals surface area contributed by atoms with E-state index < -0.39 is 9.85 Å². The molecule has 6 aromatic carbocycles. The molecule has 0 spiro atoms. The van der Waals surface area contributed by atoms with Crippen molar-refractivity contribution in [3.05, 3.63) is 140 Å². The molecule has 0 aromatic heterocycles. The van der Waals surface area contributed by atoms with Crippen molar-refractivity contribution in [1.82, 2.24) is 0 Å². The number of nitrogens with zero attached hydrogens (tertiary/aromatic N) is 2. The van der Waals surface area contributed by atoms with E-state index in [1.54, 1.807) is 30.3 Å². The van der Waals surface area contributed by atoms with E-state index in [1.165, 1.54) is 30.3 Å². The highest BCUT2D eigenvalue weighted by Crippen LogP contribution is 2.47. The number of benzene rings is 6. The Kier molecular flexibility index (Phi) is 4.68. The predicted molar refractivity (Wildman–Crippen MR) is 158 cm³/mol. The minimum atomic E-state index is -0.483. The zero-order valence-electron chi connectivity index (χ0n) is 21.6. The van der Waals surface area contributed by atoms with E-state index in [-0.39, 0.29) is 34.1 Å². The maximum atomic E-state index is 13.4. The Morgan fingerprint density at radius 1 is 0.476 bits per heavy atom. The van der Waals surface area contributed by atoms with Gasteiger partial charge in [-0.1, -0.05) is 42.5 Å². The van der Waals surface area contributed by atoms with Gasteiger partial charge in [0.2, 0.25) is 0 Å². The van der Waals surface area contributed by atoms with Gasteiger partial charge in [0.25, 0.3) is 11.4 Å². The van der Waals surface area contributed by atoms with Gasteiger partial charge in [0, 0.05) is 56.8 Å². The maximum absolute atomic E-state index is 13.4. The molecule has 0 N–H and O–H groups in total. The molecule has 42 heavy (non-hydrogen) atoms. The van der Waals surface area contributed by atoms with Gasteiger partial charge in [0.05, 0.1) is 15.4 Å². The Morgan fingerprint density at radius 2 is 1.05 bits per heavy atom. The second kappa shape index (κ2) is 8.25. The summed E-state index contributed by atoms with van der Waals surface area (Å²) in [4.78, 5) is 49.5. The van der Waals surface area contributed by atoms with Crippen LogP contribution < -0.4 is 0 Å². The van der Waals surface area contributed by atoms with E-state index in [2.05, 4.69) is 0 Å². The first-order valence-electron chi connectivity index (χ1n) is 13.1. The number of non-ortho nitro benzene ring substituents is 1. The Balaban J connectivity index is 1.46. The molecule has 0 fully saturated rings. The third kappa shape index (κ3) is 3.11. The molecule has 8 heteroatoms. The number of nitro groups is 2. The smallest absolute Gasteiger partial charge is 0.277 e. The average Bonchev–Trinajstić information content (AvgIpc) is 3.00. The van der Waals surface area contributed by atoms with Gasteiger partial charge in [0.15, 0.2) is 11.6 Å². The fourth-order valence-electron chi connectivity index (χ4n) is 6.50. The summed E-state index contributed by atoms with van der Waals surface area (Å²) >= 11 is 0. The molecule has 0 amide bonds. The summed E-state index contributed by atoms with van der Waals surface area (Å²) in [6.07, 6.45) is 0. The fraction of sp³-hybridized carbons (Fsp3) is 0. The van der Waals surface area contributed by atoms with Crippen LogP contribution in [0.2, 0.25) is 0 Å². The summed E-state index contributed by atoms with van der Waals surface area (Å²) in [5.41, 5.74) is 4.99. The first-order chi connectivity index (χ1) is 20.3. The Hall–Kier alpha value is -6.02. The molecule has 8 nitrogen and oxygen atoms in total. The normalized spacial score (nSPS) is 12.8. The van der Waals surface area contributed by atoms with Crippen LogP contribution in [0.15, 0.2) is 97.1 Å². The quantitative estimate of drug-likeness (QED) is 0.163. The lowest BCUT2D eigenvalue weighted by Gasteiger charge is -2.23. The molecule has 0 radical (unpaired) electrons. The van der Waals surface area contributed by atoms with Crippen molar-refractivity contribution in [3.63, 3.8) is 0 Å². The molecule has 6 aromatic rings. The predicted octanol–water partition coefficient (Wildman–Crippen LogP) is 7.90. The highest BCUT2D eigenvalue weighted by atomic mass is 16.6. The van der Waals surface area contributed by atoms with Gasteiger partial charge in [-0.15, -0.1) is 0 Å². The number of ketones is 2. The SMILES string of the molecule is O=C1c2ccc([N+](=O)[O-])cc2-c2cc(-c3cc4c5c(cccc5c3)C(=O)c3cccc([N+](=O)[O-])c3-4)cc3cccc1c23. The van der Waals surface area contributed by atoms with Crippen LogP contribution in [0.1, 0.15) is 31.8 Å². The molecule has 0 saturated carbocycles. The molecular formula is C34H16N2O6. The van der Waals surface area contributed by atoms with Crippen LogP contribution in [0.3, 0.4) is 0 Å². The molecule has 0 saturated heterocycles. The lowest BCUT2D eigenvalue weighted by molar-refractivity contribution is -0.384. The van der Waals surface area contributed by atoms with Crippen LogP contribution >= 0.6 is 0 Å². The van der Waals surface area contributed by atoms with Gasteiger partial charge in [-0.25, -0.2) is 0 Å². The van der Waals surface area contributed by atoms with Crippen LogP contribution in [0.25, 0.3) is 54.9 Å². The van der Waals surface area contributed by atoms with Crippen molar-refractivity contribution >= 4 is 44.5 Å². The van der Waals surface area contributed by atoms with Gasteiger partial charge in [-0.3, -0.25) is 29.8 Å². The summed E-state index contributed by atoms with van der Waals surface area (Å²) < 4.78 is 0. The standard InChI is InChI=1S/C34H16N2O6/c37-33-22-11-10-21(35(39)40)16-26(22)27-14-19(12-17-4-1-6-23(33)30(17)27)20-13-18-5-2-7-24-31(18)28(15-20)32-25(34(24)38)8-3-9-29(32)36(41)42/h1-16H. The lowest BCUT2D eigenvalue weighted by Crippen LogP contribution is -2.12. The minimum absolute atomic E-state index is 0.115. The molecule has 0 unspecified atom stereocenters. The second-order valence-corrected chi connectivity index (χ2v) is 10.5. The molecule has 2 aliphatic carbocycles. The van der Waals surface area contributed by atoms with Gasteiger partial charge in [-0.05, 0) is 69.4 Å². The van der Waals surface area contributed by atoms with E-state index in [4.69, 9.17) is 0 Å². The number of nitro benzene ring substituents is 2. The van der Waals surface area contributed by atoms with E-state index in [0.717, 1.165) is 27.3 Å². The number of carbonyl (C=O) groups excluding carboxylic acids is 2. The number of carbonyl (C=O) groups is 2. The second-order valence-electron chi connectivity index (χ2n) is 10.5. The summed E-state index contributed by atoms with van der Waals surface area (Å²) in [6, 6.07) is 27.3. The van der Waals surface area contributed by atoms with Crippen molar-refractivity contribution in [2.45, 2.75) is 0 Å². The zero-order chi connectivity index (χ0) is 28.9. The molecule has 198 valence electrons. The Labute approximate surface area is 236 Å². The molecular weight excluding hydrogens is 532 g/mol. The van der Waals surface area contributed by atoms with Gasteiger partial charge < -0.3 is 0 Å². The highest BCUT2D eigenvalue weighted by molar-refractivity contribution is 6.28. The molecule has 8 rings (SSSR count). The Morgan fingerprint density at radius 3 is 1.69 bits per heavy atom. The molecule has 0 bridgehead atoms. The number of hydrogen-bond acceptors (Lipinski definition) is 6. The lowest BCUT2D eigenvalue weighted by atomic mass is 9.79. The molecule has 2 aliphatic rings. The third-order valence-corrected chi connectivity index (χ3v) is 8.28. The van der Waals surface area contributed by atoms with Crippen molar-refractivity contribution in [2.24, 2.45) is 0 Å². The average molecular weight is 549 g/mol. The largest absolute Gasteiger partial charge is 0.289 e. The van der Waals surface area contributed by atoms with E-state index in [0.29, 0.717) is 38.8 Å². The van der Waals surface area contributed by atoms with E-state index in [9.17, 15) is 29.8 Å². The van der Waals surface area contributed by atoms with Crippen molar-refractivity contribution in [2.75, 3.05) is 0 Å². The van der Waals surface area contributed by atoms with Crippen molar-refractivity contribution in [3.8, 4) is 33.4 Å². The van der Waals surface area contributed by atoms with Crippen molar-refractivity contribution in [1.29, 1.82) is 0 Å². The van der Waals surface area contributed by atoms with Crippen molar-refractivity contribution < 1.29 is 19.4 Å². The number of hydrogen-bond donors (Lipinski definition) is 0. The monoisotopic (exact) mass is 548 g/mol. The van der Waals surface area contributed by atoms with E-state index in [1.807, 2.05) is 36.4 Å². The van der Waals surface area contributed by atoms with Crippen LogP contribution in [0.4, 0.5) is 11.4 Å². The van der Waals surface area contributed by atoms with Crippen LogP contribution in [0.5, 0.6) is 0 Å². The van der Waals surface area contributed by atoms with Gasteiger partial charge >= 0.3 is 0 Å².